The summed E-state index contributed by atoms with van der Waals surface area (Å²) in [5, 5.41) is 0. The molecule has 0 aliphatic heterocycles. The van der Waals surface area contributed by atoms with Crippen molar-refractivity contribution in [3.8, 4) is 11.5 Å². The van der Waals surface area contributed by atoms with E-state index in [2.05, 4.69) is 19.1 Å². The van der Waals surface area contributed by atoms with E-state index >= 15 is 0 Å². The summed E-state index contributed by atoms with van der Waals surface area (Å²) in [5.41, 5.74) is 8.53. The van der Waals surface area contributed by atoms with E-state index in [-0.39, 0.29) is 6.04 Å². The largest absolute Gasteiger partial charge is 0.496 e. The molecule has 0 saturated heterocycles. The molecule has 0 spiro atoms. The molecule has 1 atom stereocenters. The van der Waals surface area contributed by atoms with Gasteiger partial charge in [0.2, 0.25) is 0 Å². The summed E-state index contributed by atoms with van der Waals surface area (Å²) in [7, 11) is 1.69. The van der Waals surface area contributed by atoms with Gasteiger partial charge < -0.3 is 15.2 Å². The van der Waals surface area contributed by atoms with Crippen LogP contribution in [0, 0.1) is 6.92 Å². The number of hydrogen-bond donors (Lipinski definition) is 1. The van der Waals surface area contributed by atoms with Crippen molar-refractivity contribution < 1.29 is 9.47 Å². The molecule has 2 aromatic rings. The van der Waals surface area contributed by atoms with Crippen LogP contribution in [0.2, 0.25) is 0 Å². The van der Waals surface area contributed by atoms with Gasteiger partial charge in [0.25, 0.3) is 0 Å². The number of rotatable bonds is 7. The lowest BCUT2D eigenvalue weighted by Crippen LogP contribution is -2.25. The van der Waals surface area contributed by atoms with E-state index < -0.39 is 0 Å². The van der Waals surface area contributed by atoms with Crippen molar-refractivity contribution in [1.82, 2.24) is 0 Å². The van der Waals surface area contributed by atoms with Crippen LogP contribution < -0.4 is 15.2 Å². The summed E-state index contributed by atoms with van der Waals surface area (Å²) in [6.45, 7) is 2.68. The van der Waals surface area contributed by atoms with Crippen LogP contribution in [-0.4, -0.2) is 19.8 Å². The highest BCUT2D eigenvalue weighted by atomic mass is 16.5. The second-order valence-electron chi connectivity index (χ2n) is 5.23. The molecule has 0 heterocycles. The van der Waals surface area contributed by atoms with E-state index in [4.69, 9.17) is 15.2 Å². The van der Waals surface area contributed by atoms with E-state index in [0.717, 1.165) is 29.9 Å². The van der Waals surface area contributed by atoms with Crippen molar-refractivity contribution >= 4 is 0 Å². The number of ether oxygens (including phenoxy) is 2. The maximum absolute atomic E-state index is 6.19. The molecular weight excluding hydrogens is 262 g/mol. The Morgan fingerprint density at radius 1 is 1.10 bits per heavy atom. The minimum atomic E-state index is 0.0612. The number of aryl methyl sites for hydroxylation is 1. The Bertz CT molecular complexity index is 569. The lowest BCUT2D eigenvalue weighted by Gasteiger charge is -2.15. The Balaban J connectivity index is 1.81. The first-order chi connectivity index (χ1) is 10.2. The molecule has 3 heteroatoms. The Kier molecular flexibility index (Phi) is 5.64. The number of benzene rings is 2. The van der Waals surface area contributed by atoms with Crippen LogP contribution in [0.15, 0.2) is 48.5 Å². The standard InChI is InChI=1S/C18H23NO2/c1-14-6-5-8-17(12-14)21-11-10-16(19)13-15-7-3-4-9-18(15)20-2/h3-9,12,16H,10-11,13,19H2,1-2H3. The highest BCUT2D eigenvalue weighted by Gasteiger charge is 2.08. The van der Waals surface area contributed by atoms with Gasteiger partial charge in [-0.25, -0.2) is 0 Å². The summed E-state index contributed by atoms with van der Waals surface area (Å²) >= 11 is 0. The molecule has 2 aromatic carbocycles. The summed E-state index contributed by atoms with van der Waals surface area (Å²) < 4.78 is 11.1. The van der Waals surface area contributed by atoms with Gasteiger partial charge in [-0.2, -0.15) is 0 Å². The van der Waals surface area contributed by atoms with Gasteiger partial charge in [0, 0.05) is 6.04 Å². The minimum Gasteiger partial charge on any atom is -0.496 e. The smallest absolute Gasteiger partial charge is 0.122 e. The third kappa shape index (κ3) is 4.80. The zero-order valence-corrected chi connectivity index (χ0v) is 12.7. The second kappa shape index (κ2) is 7.70. The number of methoxy groups -OCH3 is 1. The van der Waals surface area contributed by atoms with E-state index in [1.165, 1.54) is 5.56 Å². The van der Waals surface area contributed by atoms with Crippen molar-refractivity contribution in [3.63, 3.8) is 0 Å². The molecule has 0 radical (unpaired) electrons. The Morgan fingerprint density at radius 2 is 1.90 bits per heavy atom. The first-order valence-electron chi connectivity index (χ1n) is 7.26. The van der Waals surface area contributed by atoms with Gasteiger partial charge in [0.15, 0.2) is 0 Å². The van der Waals surface area contributed by atoms with E-state index in [0.29, 0.717) is 6.61 Å². The summed E-state index contributed by atoms with van der Waals surface area (Å²) in [6, 6.07) is 16.1. The predicted molar refractivity (Wildman–Crippen MR) is 86.0 cm³/mol. The average molecular weight is 285 g/mol. The van der Waals surface area contributed by atoms with Gasteiger partial charge in [0.05, 0.1) is 13.7 Å². The van der Waals surface area contributed by atoms with Crippen LogP contribution >= 0.6 is 0 Å². The van der Waals surface area contributed by atoms with E-state index in [1.807, 2.05) is 36.4 Å². The van der Waals surface area contributed by atoms with Gasteiger partial charge in [-0.15, -0.1) is 0 Å². The number of hydrogen-bond acceptors (Lipinski definition) is 3. The van der Waals surface area contributed by atoms with Crippen molar-refractivity contribution in [1.29, 1.82) is 0 Å². The molecule has 0 fully saturated rings. The topological polar surface area (TPSA) is 44.5 Å². The third-order valence-electron chi connectivity index (χ3n) is 3.42. The van der Waals surface area contributed by atoms with E-state index in [1.54, 1.807) is 7.11 Å². The molecule has 1 unspecified atom stereocenters. The van der Waals surface area contributed by atoms with Crippen LogP contribution in [0.4, 0.5) is 0 Å². The molecule has 2 N–H and O–H groups in total. The maximum atomic E-state index is 6.19. The molecule has 0 amide bonds. The van der Waals surface area contributed by atoms with Crippen molar-refractivity contribution in [2.45, 2.75) is 25.8 Å². The van der Waals surface area contributed by atoms with Gasteiger partial charge >= 0.3 is 0 Å². The molecule has 2 rings (SSSR count). The zero-order chi connectivity index (χ0) is 15.1. The first-order valence-corrected chi connectivity index (χ1v) is 7.26. The fourth-order valence-electron chi connectivity index (χ4n) is 2.29. The lowest BCUT2D eigenvalue weighted by atomic mass is 10.0. The van der Waals surface area contributed by atoms with Crippen molar-refractivity contribution in [2.24, 2.45) is 5.73 Å². The van der Waals surface area contributed by atoms with Gasteiger partial charge in [-0.05, 0) is 49.1 Å². The summed E-state index contributed by atoms with van der Waals surface area (Å²) in [5.74, 6) is 1.80. The highest BCUT2D eigenvalue weighted by Crippen LogP contribution is 2.19. The summed E-state index contributed by atoms with van der Waals surface area (Å²) in [6.07, 6.45) is 1.60. The van der Waals surface area contributed by atoms with Crippen molar-refractivity contribution in [2.75, 3.05) is 13.7 Å². The first kappa shape index (κ1) is 15.4. The third-order valence-corrected chi connectivity index (χ3v) is 3.42. The van der Waals surface area contributed by atoms with Gasteiger partial charge in [-0.3, -0.25) is 0 Å². The van der Waals surface area contributed by atoms with Crippen LogP contribution in [-0.2, 0) is 6.42 Å². The second-order valence-corrected chi connectivity index (χ2v) is 5.23. The SMILES string of the molecule is COc1ccccc1CC(N)CCOc1cccc(C)c1. The normalized spacial score (nSPS) is 12.0. The maximum Gasteiger partial charge on any atom is 0.122 e. The molecule has 0 saturated carbocycles. The van der Waals surface area contributed by atoms with Crippen LogP contribution in [0.1, 0.15) is 17.5 Å². The van der Waals surface area contributed by atoms with Crippen LogP contribution in [0.5, 0.6) is 11.5 Å². The Morgan fingerprint density at radius 3 is 2.67 bits per heavy atom. The lowest BCUT2D eigenvalue weighted by molar-refractivity contribution is 0.296. The molecule has 21 heavy (non-hydrogen) atoms. The molecule has 0 aromatic heterocycles. The number of para-hydroxylation sites is 1. The van der Waals surface area contributed by atoms with Crippen LogP contribution in [0.25, 0.3) is 0 Å². The molecule has 0 aliphatic rings. The predicted octanol–water partition coefficient (Wildman–Crippen LogP) is 3.34. The molecular formula is C18H23NO2. The molecule has 0 aliphatic carbocycles. The fourth-order valence-corrected chi connectivity index (χ4v) is 2.29. The monoisotopic (exact) mass is 285 g/mol. The molecule has 3 nitrogen and oxygen atoms in total. The van der Waals surface area contributed by atoms with Crippen LogP contribution in [0.3, 0.4) is 0 Å². The average Bonchev–Trinajstić information content (AvgIpc) is 2.48. The Labute approximate surface area is 126 Å². The van der Waals surface area contributed by atoms with E-state index in [9.17, 15) is 0 Å². The number of nitrogens with two attached hydrogens (primary N) is 1. The van der Waals surface area contributed by atoms with Crippen molar-refractivity contribution in [3.05, 3.63) is 59.7 Å². The molecule has 0 bridgehead atoms. The minimum absolute atomic E-state index is 0.0612. The molecule has 112 valence electrons. The fraction of sp³-hybridized carbons (Fsp3) is 0.333. The van der Waals surface area contributed by atoms with Gasteiger partial charge in [-0.1, -0.05) is 30.3 Å². The zero-order valence-electron chi connectivity index (χ0n) is 12.7. The van der Waals surface area contributed by atoms with Gasteiger partial charge in [0.1, 0.15) is 11.5 Å². The highest BCUT2D eigenvalue weighted by molar-refractivity contribution is 5.33. The summed E-state index contributed by atoms with van der Waals surface area (Å²) in [4.78, 5) is 0. The quantitative estimate of drug-likeness (QED) is 0.848. The Hall–Kier alpha value is -2.00.